The average molecular weight is 520 g/mol. The summed E-state index contributed by atoms with van der Waals surface area (Å²) in [6.07, 6.45) is 1.24. The molecule has 2 aliphatic rings. The molecule has 38 heavy (non-hydrogen) atoms. The molecule has 4 aromatic rings. The highest BCUT2D eigenvalue weighted by molar-refractivity contribution is 7.89. The van der Waals surface area contributed by atoms with E-state index in [0.29, 0.717) is 16.7 Å². The maximum Gasteiger partial charge on any atom is 0.270 e. The van der Waals surface area contributed by atoms with Gasteiger partial charge in [0.05, 0.1) is 4.90 Å². The lowest BCUT2D eigenvalue weighted by molar-refractivity contribution is -0.126. The van der Waals surface area contributed by atoms with Crippen LogP contribution in [0.3, 0.4) is 0 Å². The number of aryl methyl sites for hydroxylation is 3. The van der Waals surface area contributed by atoms with E-state index in [4.69, 9.17) is 0 Å². The molecule has 6 heteroatoms. The summed E-state index contributed by atoms with van der Waals surface area (Å²) < 4.78 is 28.5. The number of carbonyl (C=O) groups excluding carboxylic acids is 2. The van der Waals surface area contributed by atoms with Gasteiger partial charge in [-0.1, -0.05) is 78.4 Å². The van der Waals surface area contributed by atoms with E-state index in [1.54, 1.807) is 24.3 Å². The van der Waals surface area contributed by atoms with Crippen molar-refractivity contribution in [2.45, 2.75) is 31.1 Å². The molecule has 0 N–H and O–H groups in total. The molecule has 0 aromatic heterocycles. The first-order valence-electron chi connectivity index (χ1n) is 12.4. The molecule has 6 rings (SSSR count). The van der Waals surface area contributed by atoms with E-state index in [1.165, 1.54) is 18.3 Å². The van der Waals surface area contributed by atoms with Gasteiger partial charge in [0.25, 0.3) is 15.9 Å². The molecule has 4 aromatic carbocycles. The minimum Gasteiger partial charge on any atom is -0.289 e. The van der Waals surface area contributed by atoms with Gasteiger partial charge in [-0.15, -0.1) is 0 Å². The third-order valence-electron chi connectivity index (χ3n) is 7.72. The van der Waals surface area contributed by atoms with Crippen molar-refractivity contribution >= 4 is 21.7 Å². The number of sulfonamides is 1. The fourth-order valence-electron chi connectivity index (χ4n) is 5.58. The van der Waals surface area contributed by atoms with Gasteiger partial charge in [0.15, 0.2) is 5.78 Å². The van der Waals surface area contributed by atoms with Crippen molar-refractivity contribution in [3.05, 3.63) is 136 Å². The number of carbonyl (C=O) groups is 2. The van der Waals surface area contributed by atoms with Gasteiger partial charge in [0.1, 0.15) is 5.41 Å². The first-order valence-corrected chi connectivity index (χ1v) is 13.8. The molecule has 0 bridgehead atoms. The van der Waals surface area contributed by atoms with Gasteiger partial charge in [-0.3, -0.25) is 9.59 Å². The number of hydrogen-bond donors (Lipinski definition) is 0. The minimum atomic E-state index is -4.28. The third-order valence-corrected chi connectivity index (χ3v) is 9.37. The van der Waals surface area contributed by atoms with Crippen molar-refractivity contribution in [2.75, 3.05) is 0 Å². The molecule has 1 spiro atoms. The number of rotatable bonds is 4. The predicted octanol–water partition coefficient (Wildman–Crippen LogP) is 5.88. The zero-order valence-electron chi connectivity index (χ0n) is 21.2. The van der Waals surface area contributed by atoms with Gasteiger partial charge in [-0.2, -0.15) is 0 Å². The zero-order chi connectivity index (χ0) is 26.8. The third kappa shape index (κ3) is 3.20. The monoisotopic (exact) mass is 519 g/mol. The van der Waals surface area contributed by atoms with E-state index in [1.807, 2.05) is 75.4 Å². The van der Waals surface area contributed by atoms with Crippen LogP contribution in [0.25, 0.3) is 11.1 Å². The maximum atomic E-state index is 14.6. The normalized spacial score (nSPS) is 15.4. The Morgan fingerprint density at radius 3 is 1.89 bits per heavy atom. The highest BCUT2D eigenvalue weighted by Gasteiger charge is 2.60. The van der Waals surface area contributed by atoms with Crippen LogP contribution in [0.2, 0.25) is 0 Å². The summed E-state index contributed by atoms with van der Waals surface area (Å²) in [5.41, 5.74) is 4.65. The summed E-state index contributed by atoms with van der Waals surface area (Å²) in [5.74, 6) is -1.06. The molecule has 0 saturated heterocycles. The maximum absolute atomic E-state index is 14.6. The standard InChI is InChI=1S/C32H25NO4S/c1-20-12-16-24(17-13-20)38(36,37)33-19-29(30(34)23-15-14-21(2)22(3)18-23)32(31(33)35)27-10-6-4-8-25(27)26-9-5-7-11-28(26)32/h4-19H,1-3H3. The lowest BCUT2D eigenvalue weighted by Crippen LogP contribution is -2.43. The number of Topliss-reactive ketones (excluding diaryl/α,β-unsaturated/α-hetero) is 1. The Labute approximate surface area is 222 Å². The number of amides is 1. The predicted molar refractivity (Wildman–Crippen MR) is 146 cm³/mol. The number of fused-ring (bicyclic) bond motifs is 5. The summed E-state index contributed by atoms with van der Waals surface area (Å²) in [7, 11) is -4.28. The smallest absolute Gasteiger partial charge is 0.270 e. The van der Waals surface area contributed by atoms with E-state index in [0.717, 1.165) is 32.1 Å². The second-order valence-electron chi connectivity index (χ2n) is 9.93. The van der Waals surface area contributed by atoms with Crippen molar-refractivity contribution in [2.24, 2.45) is 0 Å². The highest BCUT2D eigenvalue weighted by atomic mass is 32.2. The number of benzene rings is 4. The van der Waals surface area contributed by atoms with Crippen molar-refractivity contribution in [3.8, 4) is 11.1 Å². The van der Waals surface area contributed by atoms with Crippen molar-refractivity contribution in [1.82, 2.24) is 4.31 Å². The quantitative estimate of drug-likeness (QED) is 0.316. The minimum absolute atomic E-state index is 0.0118. The Balaban J connectivity index is 1.64. The lowest BCUT2D eigenvalue weighted by atomic mass is 9.71. The molecule has 1 aliphatic heterocycles. The van der Waals surface area contributed by atoms with Crippen LogP contribution in [0.4, 0.5) is 0 Å². The van der Waals surface area contributed by atoms with Crippen LogP contribution in [0, 0.1) is 20.8 Å². The van der Waals surface area contributed by atoms with Gasteiger partial charge in [0, 0.05) is 17.3 Å². The van der Waals surface area contributed by atoms with Gasteiger partial charge < -0.3 is 0 Å². The molecule has 0 saturated carbocycles. The zero-order valence-corrected chi connectivity index (χ0v) is 22.0. The van der Waals surface area contributed by atoms with Crippen molar-refractivity contribution < 1.29 is 18.0 Å². The van der Waals surface area contributed by atoms with Gasteiger partial charge in [0.2, 0.25) is 0 Å². The van der Waals surface area contributed by atoms with Gasteiger partial charge >= 0.3 is 0 Å². The first kappa shape index (κ1) is 24.1. The summed E-state index contributed by atoms with van der Waals surface area (Å²) in [5, 5.41) is 0. The number of ketones is 1. The Morgan fingerprint density at radius 2 is 1.32 bits per heavy atom. The van der Waals surface area contributed by atoms with Crippen LogP contribution in [0.5, 0.6) is 0 Å². The summed E-state index contributed by atoms with van der Waals surface area (Å²) >= 11 is 0. The summed E-state index contributed by atoms with van der Waals surface area (Å²) in [4.78, 5) is 28.8. The van der Waals surface area contributed by atoms with Crippen LogP contribution in [0.1, 0.15) is 38.2 Å². The van der Waals surface area contributed by atoms with E-state index >= 15 is 0 Å². The lowest BCUT2D eigenvalue weighted by Gasteiger charge is -2.29. The number of hydrogen-bond acceptors (Lipinski definition) is 4. The molecule has 5 nitrogen and oxygen atoms in total. The number of nitrogens with zero attached hydrogens (tertiary/aromatic N) is 1. The molecule has 0 atom stereocenters. The SMILES string of the molecule is Cc1ccc(S(=O)(=O)N2C=C(C(=O)c3ccc(C)c(C)c3)C3(C2=O)c2ccccc2-c2ccccc23)cc1. The molecule has 1 aliphatic carbocycles. The van der Waals surface area contributed by atoms with Crippen LogP contribution >= 0.6 is 0 Å². The fraction of sp³-hybridized carbons (Fsp3) is 0.125. The second kappa shape index (κ2) is 8.36. The molecule has 0 radical (unpaired) electrons. The largest absolute Gasteiger partial charge is 0.289 e. The van der Waals surface area contributed by atoms with Crippen LogP contribution in [-0.4, -0.2) is 24.4 Å². The van der Waals surface area contributed by atoms with Crippen molar-refractivity contribution in [1.29, 1.82) is 0 Å². The Kier molecular flexibility index (Phi) is 5.30. The van der Waals surface area contributed by atoms with Gasteiger partial charge in [-0.05, 0) is 72.4 Å². The van der Waals surface area contributed by atoms with Gasteiger partial charge in [-0.25, -0.2) is 12.7 Å². The van der Waals surface area contributed by atoms with Crippen LogP contribution < -0.4 is 0 Å². The van der Waals surface area contributed by atoms with Crippen LogP contribution in [0.15, 0.2) is 108 Å². The molecular weight excluding hydrogens is 494 g/mol. The second-order valence-corrected chi connectivity index (χ2v) is 11.7. The van der Waals surface area contributed by atoms with E-state index < -0.39 is 21.3 Å². The van der Waals surface area contributed by atoms with E-state index in [-0.39, 0.29) is 16.3 Å². The average Bonchev–Trinajstić information content (AvgIpc) is 3.40. The Morgan fingerprint density at radius 1 is 0.737 bits per heavy atom. The molecular formula is C32H25NO4S. The van der Waals surface area contributed by atoms with E-state index in [2.05, 4.69) is 0 Å². The summed E-state index contributed by atoms with van der Waals surface area (Å²) in [6, 6.07) is 26.6. The first-order chi connectivity index (χ1) is 18.2. The molecule has 0 fully saturated rings. The fourth-order valence-corrected chi connectivity index (χ4v) is 6.88. The van der Waals surface area contributed by atoms with Crippen LogP contribution in [-0.2, 0) is 20.2 Å². The Hall–Kier alpha value is -4.29. The van der Waals surface area contributed by atoms with Crippen molar-refractivity contribution in [3.63, 3.8) is 0 Å². The van der Waals surface area contributed by atoms with E-state index in [9.17, 15) is 18.0 Å². The topological polar surface area (TPSA) is 71.5 Å². The Bertz CT molecular complexity index is 1750. The molecule has 1 amide bonds. The molecule has 0 unspecified atom stereocenters. The molecule has 1 heterocycles. The molecule has 188 valence electrons. The summed E-state index contributed by atoms with van der Waals surface area (Å²) in [6.45, 7) is 5.74. The highest BCUT2D eigenvalue weighted by Crippen LogP contribution is 2.57.